The van der Waals surface area contributed by atoms with Crippen LogP contribution in [-0.2, 0) is 15.9 Å². The minimum atomic E-state index is -0.423. The Labute approximate surface area is 197 Å². The summed E-state index contributed by atoms with van der Waals surface area (Å²) in [6, 6.07) is 8.50. The summed E-state index contributed by atoms with van der Waals surface area (Å²) in [6.07, 6.45) is 12.5. The van der Waals surface area contributed by atoms with Gasteiger partial charge in [0.15, 0.2) is 0 Å². The zero-order chi connectivity index (χ0) is 23.7. The van der Waals surface area contributed by atoms with Crippen LogP contribution in [0, 0.1) is 5.92 Å². The molecular weight excluding hydrogens is 400 g/mol. The molecule has 0 aromatic heterocycles. The molecule has 0 bridgehead atoms. The number of ether oxygens (including phenoxy) is 3. The number of aliphatic hydroxyl groups excluding tert-OH is 1. The maximum atomic E-state index is 9.51. The average molecular weight is 449 g/mol. The van der Waals surface area contributed by atoms with E-state index in [1.807, 2.05) is 0 Å². The van der Waals surface area contributed by atoms with E-state index in [1.54, 1.807) is 13.0 Å². The molecule has 1 aromatic rings. The highest BCUT2D eigenvalue weighted by Crippen LogP contribution is 2.25. The van der Waals surface area contributed by atoms with Crippen LogP contribution in [0.3, 0.4) is 0 Å². The Morgan fingerprint density at radius 3 is 2.28 bits per heavy atom. The van der Waals surface area contributed by atoms with Crippen molar-refractivity contribution in [2.24, 2.45) is 5.92 Å². The Hall–Kier alpha value is -1.36. The first-order valence-electron chi connectivity index (χ1n) is 12.6. The minimum Gasteiger partial charge on any atom is -0.493 e. The van der Waals surface area contributed by atoms with Gasteiger partial charge in [-0.05, 0) is 57.7 Å². The molecule has 0 heterocycles. The number of benzene rings is 1. The molecule has 184 valence electrons. The van der Waals surface area contributed by atoms with Crippen LogP contribution < -0.4 is 4.74 Å². The summed E-state index contributed by atoms with van der Waals surface area (Å²) in [5.41, 5.74) is 0.950. The Balaban J connectivity index is 2.47. The minimum absolute atomic E-state index is 0.0591. The lowest BCUT2D eigenvalue weighted by molar-refractivity contribution is -0.0977. The van der Waals surface area contributed by atoms with Gasteiger partial charge in [-0.25, -0.2) is 0 Å². The van der Waals surface area contributed by atoms with Crippen molar-refractivity contribution in [3.63, 3.8) is 0 Å². The lowest BCUT2D eigenvalue weighted by atomic mass is 9.92. The van der Waals surface area contributed by atoms with Gasteiger partial charge in [0.05, 0.1) is 31.5 Å². The van der Waals surface area contributed by atoms with E-state index < -0.39 is 5.60 Å². The highest BCUT2D eigenvalue weighted by Gasteiger charge is 2.31. The van der Waals surface area contributed by atoms with Crippen molar-refractivity contribution in [2.45, 2.75) is 97.2 Å². The molecule has 0 fully saturated rings. The fraction of sp³-hybridized carbons (Fsp3) is 0.714. The molecule has 1 rings (SSSR count). The van der Waals surface area contributed by atoms with Crippen LogP contribution >= 0.6 is 0 Å². The zero-order valence-electron chi connectivity index (χ0n) is 21.1. The Morgan fingerprint density at radius 1 is 1.00 bits per heavy atom. The van der Waals surface area contributed by atoms with Gasteiger partial charge in [-0.15, -0.1) is 6.58 Å². The number of rotatable bonds is 20. The first-order chi connectivity index (χ1) is 15.4. The third-order valence-corrected chi connectivity index (χ3v) is 5.99. The molecule has 0 amide bonds. The molecular formula is C28H48O4. The first-order valence-corrected chi connectivity index (χ1v) is 12.6. The average Bonchev–Trinajstić information content (AvgIpc) is 2.76. The molecule has 2 unspecified atom stereocenters. The lowest BCUT2D eigenvalue weighted by Crippen LogP contribution is -2.41. The smallest absolute Gasteiger partial charge is 0.119 e. The normalized spacial score (nSPS) is 13.7. The molecule has 0 aliphatic carbocycles. The molecule has 0 aliphatic heterocycles. The summed E-state index contributed by atoms with van der Waals surface area (Å²) < 4.78 is 17.9. The van der Waals surface area contributed by atoms with Gasteiger partial charge in [0.2, 0.25) is 0 Å². The summed E-state index contributed by atoms with van der Waals surface area (Å²) in [5.74, 6) is 0.936. The molecule has 0 spiro atoms. The monoisotopic (exact) mass is 448 g/mol. The first kappa shape index (κ1) is 28.7. The van der Waals surface area contributed by atoms with E-state index >= 15 is 0 Å². The van der Waals surface area contributed by atoms with E-state index in [9.17, 15) is 5.11 Å². The van der Waals surface area contributed by atoms with Crippen LogP contribution in [0.15, 0.2) is 36.9 Å². The van der Waals surface area contributed by atoms with Crippen LogP contribution in [-0.4, -0.2) is 43.2 Å². The molecule has 4 heteroatoms. The topological polar surface area (TPSA) is 47.9 Å². The standard InChI is InChI=1S/C28H48O4/c1-6-8-9-10-11-12-13-14-25-15-17-27(18-16-25)31-23-26(22-30-20-7-2)28(4,5)32-21-19-24(3)29/h7,15-18,24,26,29H,2,6,8-14,19-23H2,1,3-5H3. The van der Waals surface area contributed by atoms with Crippen molar-refractivity contribution in [3.8, 4) is 5.75 Å². The summed E-state index contributed by atoms with van der Waals surface area (Å²) >= 11 is 0. The number of hydrogen-bond donors (Lipinski definition) is 1. The zero-order valence-corrected chi connectivity index (χ0v) is 21.1. The van der Waals surface area contributed by atoms with Gasteiger partial charge in [-0.1, -0.05) is 63.7 Å². The maximum absolute atomic E-state index is 9.51. The van der Waals surface area contributed by atoms with E-state index in [4.69, 9.17) is 14.2 Å². The van der Waals surface area contributed by atoms with Crippen LogP contribution in [0.2, 0.25) is 0 Å². The highest BCUT2D eigenvalue weighted by atomic mass is 16.5. The lowest BCUT2D eigenvalue weighted by Gasteiger charge is -2.34. The van der Waals surface area contributed by atoms with Gasteiger partial charge in [0, 0.05) is 12.5 Å². The largest absolute Gasteiger partial charge is 0.493 e. The van der Waals surface area contributed by atoms with Gasteiger partial charge in [-0.3, -0.25) is 0 Å². The predicted octanol–water partition coefficient (Wildman–Crippen LogP) is 6.74. The van der Waals surface area contributed by atoms with Crippen molar-refractivity contribution < 1.29 is 19.3 Å². The molecule has 0 saturated carbocycles. The second-order valence-electron chi connectivity index (χ2n) is 9.44. The fourth-order valence-corrected chi connectivity index (χ4v) is 3.59. The van der Waals surface area contributed by atoms with E-state index in [0.717, 1.165) is 12.2 Å². The van der Waals surface area contributed by atoms with Crippen molar-refractivity contribution in [1.29, 1.82) is 0 Å². The molecule has 1 N–H and O–H groups in total. The highest BCUT2D eigenvalue weighted by molar-refractivity contribution is 5.27. The van der Waals surface area contributed by atoms with Crippen LogP contribution in [0.1, 0.15) is 84.6 Å². The van der Waals surface area contributed by atoms with Crippen molar-refractivity contribution in [2.75, 3.05) is 26.4 Å². The second kappa shape index (κ2) is 17.2. The second-order valence-corrected chi connectivity index (χ2v) is 9.44. The Bertz CT molecular complexity index is 580. The number of unbranched alkanes of at least 4 members (excludes halogenated alkanes) is 6. The quantitative estimate of drug-likeness (QED) is 0.177. The molecule has 0 radical (unpaired) electrons. The predicted molar refractivity (Wildman–Crippen MR) is 134 cm³/mol. The van der Waals surface area contributed by atoms with Crippen molar-refractivity contribution in [1.82, 2.24) is 0 Å². The van der Waals surface area contributed by atoms with Crippen molar-refractivity contribution in [3.05, 3.63) is 42.5 Å². The van der Waals surface area contributed by atoms with E-state index in [-0.39, 0.29) is 12.0 Å². The van der Waals surface area contributed by atoms with Crippen LogP contribution in [0.25, 0.3) is 0 Å². The summed E-state index contributed by atoms with van der Waals surface area (Å²) in [5, 5.41) is 9.51. The fourth-order valence-electron chi connectivity index (χ4n) is 3.59. The molecule has 2 atom stereocenters. The molecule has 0 saturated heterocycles. The van der Waals surface area contributed by atoms with Gasteiger partial charge in [0.1, 0.15) is 5.75 Å². The van der Waals surface area contributed by atoms with Gasteiger partial charge < -0.3 is 19.3 Å². The Kier molecular flexibility index (Phi) is 15.4. The molecule has 0 aliphatic rings. The molecule has 1 aromatic carbocycles. The third-order valence-electron chi connectivity index (χ3n) is 5.99. The number of aryl methyl sites for hydroxylation is 1. The molecule has 32 heavy (non-hydrogen) atoms. The third kappa shape index (κ3) is 13.2. The molecule has 4 nitrogen and oxygen atoms in total. The van der Waals surface area contributed by atoms with E-state index in [0.29, 0.717) is 32.8 Å². The Morgan fingerprint density at radius 2 is 1.66 bits per heavy atom. The van der Waals surface area contributed by atoms with Crippen LogP contribution in [0.4, 0.5) is 0 Å². The number of aliphatic hydroxyl groups is 1. The summed E-state index contributed by atoms with van der Waals surface area (Å²) in [7, 11) is 0. The van der Waals surface area contributed by atoms with Gasteiger partial charge >= 0.3 is 0 Å². The van der Waals surface area contributed by atoms with E-state index in [1.165, 1.54) is 50.5 Å². The number of hydrogen-bond acceptors (Lipinski definition) is 4. The van der Waals surface area contributed by atoms with Gasteiger partial charge in [0.25, 0.3) is 0 Å². The van der Waals surface area contributed by atoms with Crippen molar-refractivity contribution >= 4 is 0 Å². The summed E-state index contributed by atoms with van der Waals surface area (Å²) in [4.78, 5) is 0. The van der Waals surface area contributed by atoms with E-state index in [2.05, 4.69) is 51.6 Å². The maximum Gasteiger partial charge on any atom is 0.119 e. The van der Waals surface area contributed by atoms with Crippen LogP contribution in [0.5, 0.6) is 5.75 Å². The summed E-state index contributed by atoms with van der Waals surface area (Å²) in [6.45, 7) is 13.9. The van der Waals surface area contributed by atoms with Gasteiger partial charge in [-0.2, -0.15) is 0 Å². The SMILES string of the molecule is C=CCOCC(COc1ccc(CCCCCCCCC)cc1)C(C)(C)OCCC(C)O.